The second-order valence-corrected chi connectivity index (χ2v) is 5.84. The minimum Gasteiger partial charge on any atom is -0.340 e. The molecule has 5 heteroatoms. The lowest BCUT2D eigenvalue weighted by atomic mass is 9.98. The van der Waals surface area contributed by atoms with Crippen LogP contribution in [0.5, 0.6) is 0 Å². The molecule has 2 saturated heterocycles. The summed E-state index contributed by atoms with van der Waals surface area (Å²) in [5.74, 6) is 0.917. The van der Waals surface area contributed by atoms with E-state index in [0.717, 1.165) is 19.3 Å². The van der Waals surface area contributed by atoms with Crippen molar-refractivity contribution in [3.8, 4) is 0 Å². The average Bonchev–Trinajstić information content (AvgIpc) is 2.62. The zero-order chi connectivity index (χ0) is 14.5. The van der Waals surface area contributed by atoms with E-state index in [4.69, 9.17) is 0 Å². The third-order valence-electron chi connectivity index (χ3n) is 4.50. The Balaban J connectivity index is 1.86. The molecule has 2 fully saturated rings. The molecule has 2 amide bonds. The topological polar surface area (TPSA) is 57.7 Å². The number of rotatable bonds is 3. The molecule has 0 aromatic rings. The highest BCUT2D eigenvalue weighted by atomic mass is 16.2. The van der Waals surface area contributed by atoms with Crippen LogP contribution < -0.4 is 0 Å². The van der Waals surface area contributed by atoms with Crippen LogP contribution in [0.25, 0.3) is 0 Å². The lowest BCUT2D eigenvalue weighted by Crippen LogP contribution is -2.45. The Kier molecular flexibility index (Phi) is 5.15. The summed E-state index contributed by atoms with van der Waals surface area (Å²) in [6, 6.07) is 0. The van der Waals surface area contributed by atoms with Gasteiger partial charge in [-0.15, -0.1) is 0 Å². The van der Waals surface area contributed by atoms with E-state index in [9.17, 15) is 14.4 Å². The van der Waals surface area contributed by atoms with Crippen molar-refractivity contribution in [2.75, 3.05) is 26.2 Å². The maximum absolute atomic E-state index is 12.2. The van der Waals surface area contributed by atoms with Gasteiger partial charge in [-0.1, -0.05) is 13.3 Å². The van der Waals surface area contributed by atoms with Gasteiger partial charge in [0.25, 0.3) is 0 Å². The molecule has 0 aromatic heterocycles. The predicted octanol–water partition coefficient (Wildman–Crippen LogP) is 1.22. The van der Waals surface area contributed by atoms with Crippen molar-refractivity contribution >= 4 is 17.6 Å². The Bertz CT molecular complexity index is 385. The summed E-state index contributed by atoms with van der Waals surface area (Å²) < 4.78 is 0. The second-order valence-electron chi connectivity index (χ2n) is 5.84. The van der Waals surface area contributed by atoms with Crippen LogP contribution >= 0.6 is 0 Å². The molecule has 0 saturated carbocycles. The van der Waals surface area contributed by atoms with Gasteiger partial charge in [0, 0.05) is 38.9 Å². The first-order valence-corrected chi connectivity index (χ1v) is 7.67. The van der Waals surface area contributed by atoms with Crippen LogP contribution in [-0.4, -0.2) is 53.6 Å². The van der Waals surface area contributed by atoms with Gasteiger partial charge in [-0.2, -0.15) is 0 Å². The fourth-order valence-corrected chi connectivity index (χ4v) is 2.94. The zero-order valence-electron chi connectivity index (χ0n) is 12.3. The van der Waals surface area contributed by atoms with Gasteiger partial charge in [-0.05, 0) is 18.8 Å². The quantitative estimate of drug-likeness (QED) is 0.781. The Labute approximate surface area is 120 Å². The fourth-order valence-electron chi connectivity index (χ4n) is 2.94. The van der Waals surface area contributed by atoms with E-state index >= 15 is 0 Å². The molecular formula is C15H24N2O3. The van der Waals surface area contributed by atoms with Crippen molar-refractivity contribution in [3.63, 3.8) is 0 Å². The number of carbonyl (C=O) groups is 3. The summed E-state index contributed by atoms with van der Waals surface area (Å²) in [6.45, 7) is 4.05. The molecule has 2 aliphatic rings. The van der Waals surface area contributed by atoms with E-state index in [1.165, 1.54) is 0 Å². The normalized spacial score (nSPS) is 24.8. The second kappa shape index (κ2) is 6.86. The van der Waals surface area contributed by atoms with Gasteiger partial charge in [-0.3, -0.25) is 14.4 Å². The molecule has 1 atom stereocenters. The number of piperidine rings is 1. The van der Waals surface area contributed by atoms with Crippen LogP contribution in [0.15, 0.2) is 0 Å². The maximum atomic E-state index is 12.2. The van der Waals surface area contributed by atoms with Crippen molar-refractivity contribution in [2.24, 2.45) is 5.92 Å². The first-order chi connectivity index (χ1) is 9.60. The van der Waals surface area contributed by atoms with Gasteiger partial charge < -0.3 is 9.80 Å². The SMILES string of the molecule is CCC1CCC(=O)N(CC(=O)N2CCC(=O)CC2)CC1. The highest BCUT2D eigenvalue weighted by molar-refractivity contribution is 5.87. The van der Waals surface area contributed by atoms with E-state index in [0.29, 0.717) is 44.8 Å². The van der Waals surface area contributed by atoms with E-state index < -0.39 is 0 Å². The van der Waals surface area contributed by atoms with Crippen LogP contribution in [0.2, 0.25) is 0 Å². The van der Waals surface area contributed by atoms with Gasteiger partial charge >= 0.3 is 0 Å². The number of Topliss-reactive ketones (excluding diaryl/α,β-unsaturated/α-hetero) is 1. The lowest BCUT2D eigenvalue weighted by Gasteiger charge is -2.29. The van der Waals surface area contributed by atoms with Crippen molar-refractivity contribution in [1.82, 2.24) is 9.80 Å². The molecule has 0 aliphatic carbocycles. The van der Waals surface area contributed by atoms with Crippen molar-refractivity contribution < 1.29 is 14.4 Å². The summed E-state index contributed by atoms with van der Waals surface area (Å²) in [4.78, 5) is 38.9. The number of hydrogen-bond donors (Lipinski definition) is 0. The molecule has 0 spiro atoms. The standard InChI is InChI=1S/C15H24N2O3/c1-2-12-3-4-14(19)17(8-5-12)11-15(20)16-9-6-13(18)7-10-16/h12H,2-11H2,1H3. The molecule has 0 bridgehead atoms. The molecule has 2 heterocycles. The van der Waals surface area contributed by atoms with Gasteiger partial charge in [0.2, 0.25) is 11.8 Å². The molecule has 20 heavy (non-hydrogen) atoms. The summed E-state index contributed by atoms with van der Waals surface area (Å²) in [5.41, 5.74) is 0. The smallest absolute Gasteiger partial charge is 0.242 e. The minimum absolute atomic E-state index is 0.0131. The number of ketones is 1. The number of amides is 2. The summed E-state index contributed by atoms with van der Waals surface area (Å²) >= 11 is 0. The van der Waals surface area contributed by atoms with Gasteiger partial charge in [0.05, 0.1) is 6.54 Å². The van der Waals surface area contributed by atoms with E-state index in [1.807, 2.05) is 0 Å². The van der Waals surface area contributed by atoms with Crippen LogP contribution in [0.4, 0.5) is 0 Å². The van der Waals surface area contributed by atoms with Crippen molar-refractivity contribution in [2.45, 2.75) is 45.4 Å². The fraction of sp³-hybridized carbons (Fsp3) is 0.800. The van der Waals surface area contributed by atoms with Crippen LogP contribution in [0, 0.1) is 5.92 Å². The highest BCUT2D eigenvalue weighted by Crippen LogP contribution is 2.21. The first kappa shape index (κ1) is 15.0. The first-order valence-electron chi connectivity index (χ1n) is 7.67. The lowest BCUT2D eigenvalue weighted by molar-refractivity contribution is -0.141. The van der Waals surface area contributed by atoms with E-state index in [-0.39, 0.29) is 24.1 Å². The Morgan fingerprint density at radius 1 is 1.10 bits per heavy atom. The minimum atomic E-state index is -0.0131. The summed E-state index contributed by atoms with van der Waals surface area (Å²) in [7, 11) is 0. The Hall–Kier alpha value is -1.39. The molecule has 0 N–H and O–H groups in total. The van der Waals surface area contributed by atoms with Crippen LogP contribution in [0.3, 0.4) is 0 Å². The Morgan fingerprint density at radius 3 is 2.45 bits per heavy atom. The van der Waals surface area contributed by atoms with Crippen molar-refractivity contribution in [1.29, 1.82) is 0 Å². The molecular weight excluding hydrogens is 256 g/mol. The zero-order valence-corrected chi connectivity index (χ0v) is 12.3. The monoisotopic (exact) mass is 280 g/mol. The van der Waals surface area contributed by atoms with Crippen LogP contribution in [-0.2, 0) is 14.4 Å². The van der Waals surface area contributed by atoms with E-state index in [2.05, 4.69) is 6.92 Å². The number of hydrogen-bond acceptors (Lipinski definition) is 3. The van der Waals surface area contributed by atoms with Gasteiger partial charge in [0.15, 0.2) is 0 Å². The molecule has 2 rings (SSSR count). The third kappa shape index (κ3) is 3.81. The number of likely N-dealkylation sites (tertiary alicyclic amines) is 2. The van der Waals surface area contributed by atoms with Gasteiger partial charge in [0.1, 0.15) is 5.78 Å². The van der Waals surface area contributed by atoms with E-state index in [1.54, 1.807) is 9.80 Å². The predicted molar refractivity (Wildman–Crippen MR) is 75.0 cm³/mol. The number of carbonyl (C=O) groups excluding carboxylic acids is 3. The molecule has 1 unspecified atom stereocenters. The maximum Gasteiger partial charge on any atom is 0.242 e. The number of nitrogens with zero attached hydrogens (tertiary/aromatic N) is 2. The van der Waals surface area contributed by atoms with Crippen molar-refractivity contribution in [3.05, 3.63) is 0 Å². The third-order valence-corrected chi connectivity index (χ3v) is 4.50. The highest BCUT2D eigenvalue weighted by Gasteiger charge is 2.26. The summed E-state index contributed by atoms with van der Waals surface area (Å²) in [5, 5.41) is 0. The van der Waals surface area contributed by atoms with Crippen LogP contribution in [0.1, 0.15) is 45.4 Å². The Morgan fingerprint density at radius 2 is 1.80 bits per heavy atom. The molecule has 0 radical (unpaired) electrons. The van der Waals surface area contributed by atoms with Gasteiger partial charge in [-0.25, -0.2) is 0 Å². The average molecular weight is 280 g/mol. The molecule has 5 nitrogen and oxygen atoms in total. The summed E-state index contributed by atoms with van der Waals surface area (Å²) in [6.07, 6.45) is 4.51. The molecule has 2 aliphatic heterocycles. The molecule has 112 valence electrons. The largest absolute Gasteiger partial charge is 0.340 e. The molecule has 0 aromatic carbocycles.